The second kappa shape index (κ2) is 15.3. The Kier molecular flexibility index (Phi) is 12.7. The van der Waals surface area contributed by atoms with Gasteiger partial charge in [-0.25, -0.2) is 0 Å². The minimum absolute atomic E-state index is 0.795. The molecule has 4 saturated heterocycles. The van der Waals surface area contributed by atoms with Gasteiger partial charge in [-0.3, -0.25) is 0 Å². The summed E-state index contributed by atoms with van der Waals surface area (Å²) in [5.74, 6) is -3.28. The molecule has 4 heterocycles. The van der Waals surface area contributed by atoms with Crippen LogP contribution in [0.5, 0.6) is 0 Å². The van der Waals surface area contributed by atoms with E-state index in [2.05, 4.69) is 0 Å². The zero-order valence-electron chi connectivity index (χ0n) is 23.9. The van der Waals surface area contributed by atoms with E-state index in [1.165, 1.54) is 0 Å². The van der Waals surface area contributed by atoms with Crippen LogP contribution in [-0.2, 0) is 33.2 Å². The molecule has 0 spiro atoms. The molecule has 4 fully saturated rings. The fraction of sp³-hybridized carbons (Fsp3) is 1.00. The summed E-state index contributed by atoms with van der Waals surface area (Å²) in [4.78, 5) is 0. The van der Waals surface area contributed by atoms with E-state index < -0.39 is 149 Å². The van der Waals surface area contributed by atoms with Crippen molar-refractivity contribution in [1.29, 1.82) is 0 Å². The van der Waals surface area contributed by atoms with Crippen molar-refractivity contribution in [2.24, 2.45) is 0 Å². The fourth-order valence-corrected chi connectivity index (χ4v) is 5.60. The van der Waals surface area contributed by atoms with Crippen LogP contribution in [-0.4, -0.2) is 226 Å². The van der Waals surface area contributed by atoms with Gasteiger partial charge in [0.15, 0.2) is 25.0 Å². The summed E-state index contributed by atoms with van der Waals surface area (Å²) in [6.07, 6.45) is -35.2. The lowest BCUT2D eigenvalue weighted by Gasteiger charge is -2.49. The number of aliphatic hydroxyl groups excluding tert-OH is 13. The van der Waals surface area contributed by atoms with Crippen LogP contribution in [0.25, 0.3) is 0 Å². The third kappa shape index (κ3) is 7.34. The van der Waals surface area contributed by atoms with Crippen molar-refractivity contribution in [3.05, 3.63) is 0 Å². The van der Waals surface area contributed by atoms with Gasteiger partial charge in [0.1, 0.15) is 91.6 Å². The standard InChI is InChI=1S/C24H42O22/c25-1-5-9(29)10(30)13(33)21(40-5)43-17-6(2-26)41-22(14(34)11(17)31)44-18-7(3-27)42-23(15(35)12(18)32)45-19-8(4-28)46-24(38,39)20(37)16(19)36/h5-23,25-39H,1-4H2/t5-,6-,7-,8-,9?,10?,11?,12?,13?,14?,15?,16?,17?,18?,19?,20?,21?,22?,23?/m1/s1. The van der Waals surface area contributed by atoms with Gasteiger partial charge in [-0.1, -0.05) is 0 Å². The monoisotopic (exact) mass is 682 g/mol. The summed E-state index contributed by atoms with van der Waals surface area (Å²) >= 11 is 0. The first-order valence-corrected chi connectivity index (χ1v) is 14.2. The van der Waals surface area contributed by atoms with E-state index in [0.717, 1.165) is 0 Å². The summed E-state index contributed by atoms with van der Waals surface area (Å²) in [5.41, 5.74) is 0. The Labute approximate surface area is 259 Å². The lowest BCUT2D eigenvalue weighted by molar-refractivity contribution is -0.447. The molecule has 0 aromatic rings. The number of aliphatic hydroxyl groups is 15. The third-order valence-electron chi connectivity index (χ3n) is 8.28. The van der Waals surface area contributed by atoms with Crippen molar-refractivity contribution in [2.75, 3.05) is 26.4 Å². The van der Waals surface area contributed by atoms with Gasteiger partial charge in [-0.05, 0) is 0 Å². The Morgan fingerprint density at radius 3 is 1.15 bits per heavy atom. The average molecular weight is 683 g/mol. The molecule has 0 amide bonds. The van der Waals surface area contributed by atoms with E-state index in [9.17, 15) is 76.6 Å². The highest BCUT2D eigenvalue weighted by molar-refractivity contribution is 4.98. The molecule has 0 radical (unpaired) electrons. The number of rotatable bonds is 10. The van der Waals surface area contributed by atoms with Gasteiger partial charge in [-0.2, -0.15) is 0 Å². The summed E-state index contributed by atoms with van der Waals surface area (Å²) in [6.45, 7) is -3.64. The molecule has 22 heteroatoms. The highest BCUT2D eigenvalue weighted by atomic mass is 16.8. The van der Waals surface area contributed by atoms with Crippen molar-refractivity contribution in [3.63, 3.8) is 0 Å². The Balaban J connectivity index is 1.44. The molecule has 4 aliphatic heterocycles. The maximum atomic E-state index is 10.9. The van der Waals surface area contributed by atoms with Crippen molar-refractivity contribution in [3.8, 4) is 0 Å². The molecule has 15 N–H and O–H groups in total. The van der Waals surface area contributed by atoms with Gasteiger partial charge in [0.25, 0.3) is 0 Å². The molecule has 4 aliphatic rings. The summed E-state index contributed by atoms with van der Waals surface area (Å²) in [5, 5.41) is 152. The van der Waals surface area contributed by atoms with E-state index in [4.69, 9.17) is 33.2 Å². The summed E-state index contributed by atoms with van der Waals surface area (Å²) in [6, 6.07) is 0. The second-order valence-electron chi connectivity index (χ2n) is 11.3. The van der Waals surface area contributed by atoms with E-state index in [0.29, 0.717) is 0 Å². The zero-order valence-corrected chi connectivity index (χ0v) is 23.9. The van der Waals surface area contributed by atoms with Crippen LogP contribution < -0.4 is 0 Å². The quantitative estimate of drug-likeness (QED) is 0.0951. The molecule has 0 saturated carbocycles. The van der Waals surface area contributed by atoms with Crippen molar-refractivity contribution >= 4 is 0 Å². The molecule has 4 rings (SSSR count). The van der Waals surface area contributed by atoms with E-state index in [1.807, 2.05) is 0 Å². The lowest BCUT2D eigenvalue weighted by Crippen LogP contribution is -2.69. The van der Waals surface area contributed by atoms with Crippen LogP contribution in [0.4, 0.5) is 0 Å². The normalized spacial score (nSPS) is 51.6. The van der Waals surface area contributed by atoms with Gasteiger partial charge in [0.05, 0.1) is 26.4 Å². The predicted molar refractivity (Wildman–Crippen MR) is 135 cm³/mol. The second-order valence-corrected chi connectivity index (χ2v) is 11.3. The van der Waals surface area contributed by atoms with Crippen LogP contribution in [0, 0.1) is 0 Å². The maximum absolute atomic E-state index is 10.9. The van der Waals surface area contributed by atoms with Crippen LogP contribution in [0.3, 0.4) is 0 Å². The van der Waals surface area contributed by atoms with E-state index >= 15 is 0 Å². The highest BCUT2D eigenvalue weighted by Gasteiger charge is 2.57. The summed E-state index contributed by atoms with van der Waals surface area (Å²) < 4.78 is 37.3. The van der Waals surface area contributed by atoms with Crippen LogP contribution in [0.15, 0.2) is 0 Å². The first-order valence-electron chi connectivity index (χ1n) is 14.2. The molecule has 0 aromatic carbocycles. The molecular formula is C24H42O22. The lowest BCUT2D eigenvalue weighted by atomic mass is 9.95. The Morgan fingerprint density at radius 2 is 0.761 bits per heavy atom. The molecule has 0 aliphatic carbocycles. The Bertz CT molecular complexity index is 953. The number of hydrogen-bond donors (Lipinski definition) is 15. The smallest absolute Gasteiger partial charge is 0.308 e. The van der Waals surface area contributed by atoms with E-state index in [-0.39, 0.29) is 0 Å². The van der Waals surface area contributed by atoms with Crippen molar-refractivity contribution in [2.45, 2.75) is 123 Å². The molecule has 0 aromatic heterocycles. The van der Waals surface area contributed by atoms with Gasteiger partial charge >= 0.3 is 5.97 Å². The number of hydrogen-bond acceptors (Lipinski definition) is 22. The van der Waals surface area contributed by atoms with Gasteiger partial charge in [0, 0.05) is 0 Å². The predicted octanol–water partition coefficient (Wildman–Crippen LogP) is -10.4. The topological polar surface area (TPSA) is 368 Å². The molecular weight excluding hydrogens is 640 g/mol. The Morgan fingerprint density at radius 1 is 0.413 bits per heavy atom. The molecule has 22 nitrogen and oxygen atoms in total. The third-order valence-corrected chi connectivity index (χ3v) is 8.28. The Hall–Kier alpha value is -0.880. The zero-order chi connectivity index (χ0) is 34.2. The minimum atomic E-state index is -3.28. The molecule has 15 unspecified atom stereocenters. The molecule has 0 bridgehead atoms. The SMILES string of the molecule is OC[C@H]1OC(OC2C(O)C(O)C(OC3C(O)C(O)C(OC4C(O)C(O)C(O)(O)O[C@@H]4CO)O[C@@H]3CO)O[C@@H]2CO)C(O)C(O)C1O. The van der Waals surface area contributed by atoms with Crippen LogP contribution >= 0.6 is 0 Å². The van der Waals surface area contributed by atoms with Crippen LogP contribution in [0.2, 0.25) is 0 Å². The minimum Gasteiger partial charge on any atom is -0.394 e. The molecule has 19 atom stereocenters. The number of ether oxygens (including phenoxy) is 7. The fourth-order valence-electron chi connectivity index (χ4n) is 5.60. The molecule has 46 heavy (non-hydrogen) atoms. The maximum Gasteiger partial charge on any atom is 0.308 e. The van der Waals surface area contributed by atoms with Crippen molar-refractivity contribution in [1.82, 2.24) is 0 Å². The first-order chi connectivity index (χ1) is 21.6. The van der Waals surface area contributed by atoms with Crippen LogP contribution in [0.1, 0.15) is 0 Å². The summed E-state index contributed by atoms with van der Waals surface area (Å²) in [7, 11) is 0. The van der Waals surface area contributed by atoms with Crippen molar-refractivity contribution < 1.29 is 110 Å². The molecule has 270 valence electrons. The largest absolute Gasteiger partial charge is 0.394 e. The van der Waals surface area contributed by atoms with Gasteiger partial charge in [-0.15, -0.1) is 0 Å². The van der Waals surface area contributed by atoms with Gasteiger partial charge in [0.2, 0.25) is 0 Å². The highest BCUT2D eigenvalue weighted by Crippen LogP contribution is 2.35. The van der Waals surface area contributed by atoms with E-state index in [1.54, 1.807) is 0 Å². The van der Waals surface area contributed by atoms with Gasteiger partial charge < -0.3 is 110 Å². The first kappa shape index (κ1) is 37.9. The average Bonchev–Trinajstić information content (AvgIpc) is 3.03.